The second kappa shape index (κ2) is 6.29. The van der Waals surface area contributed by atoms with Crippen LogP contribution in [0.3, 0.4) is 0 Å². The van der Waals surface area contributed by atoms with E-state index in [9.17, 15) is 9.59 Å². The molecule has 2 heterocycles. The van der Waals surface area contributed by atoms with Gasteiger partial charge in [0.15, 0.2) is 5.82 Å². The van der Waals surface area contributed by atoms with Crippen LogP contribution in [0.4, 0.5) is 0 Å². The summed E-state index contributed by atoms with van der Waals surface area (Å²) in [6.45, 7) is 2.05. The summed E-state index contributed by atoms with van der Waals surface area (Å²) in [7, 11) is 1.64. The van der Waals surface area contributed by atoms with Gasteiger partial charge in [-0.1, -0.05) is 6.07 Å². The third kappa shape index (κ3) is 3.64. The first kappa shape index (κ1) is 14.2. The molecule has 8 heteroatoms. The fourth-order valence-electron chi connectivity index (χ4n) is 1.55. The first-order valence-corrected chi connectivity index (χ1v) is 6.88. The zero-order valence-corrected chi connectivity index (χ0v) is 12.0. The van der Waals surface area contributed by atoms with Gasteiger partial charge in [-0.2, -0.15) is 5.10 Å². The van der Waals surface area contributed by atoms with Crippen LogP contribution in [0.5, 0.6) is 0 Å². The van der Waals surface area contributed by atoms with E-state index in [0.29, 0.717) is 23.1 Å². The van der Waals surface area contributed by atoms with Crippen LogP contribution >= 0.6 is 11.3 Å². The van der Waals surface area contributed by atoms with Gasteiger partial charge < -0.3 is 10.2 Å². The molecule has 0 spiro atoms. The summed E-state index contributed by atoms with van der Waals surface area (Å²) >= 11 is 1.34. The number of thiophene rings is 1. The highest BCUT2D eigenvalue weighted by molar-refractivity contribution is 7.12. The largest absolute Gasteiger partial charge is 0.342 e. The first-order valence-electron chi connectivity index (χ1n) is 6.00. The van der Waals surface area contributed by atoms with Crippen molar-refractivity contribution in [2.24, 2.45) is 0 Å². The lowest BCUT2D eigenvalue weighted by atomic mass is 10.4. The molecule has 0 saturated heterocycles. The number of nitrogens with zero attached hydrogens (tertiary/aromatic N) is 3. The Hall–Kier alpha value is -2.22. The zero-order valence-electron chi connectivity index (χ0n) is 11.2. The van der Waals surface area contributed by atoms with Crippen LogP contribution in [0.1, 0.15) is 21.3 Å². The average molecular weight is 293 g/mol. The standard InChI is InChI=1S/C12H15N5O2S/c1-8-14-10(16-15-8)7-17(2)11(18)6-13-12(19)9-4-3-5-20-9/h3-5H,6-7H2,1-2H3,(H,13,19)(H,14,15,16). The molecule has 0 aliphatic rings. The number of likely N-dealkylation sites (N-methyl/N-ethyl adjacent to an activating group) is 1. The number of carbonyl (C=O) groups is 2. The minimum Gasteiger partial charge on any atom is -0.342 e. The highest BCUT2D eigenvalue weighted by atomic mass is 32.1. The molecule has 0 aliphatic carbocycles. The molecule has 2 N–H and O–H groups in total. The monoisotopic (exact) mass is 293 g/mol. The molecule has 0 atom stereocenters. The lowest BCUT2D eigenvalue weighted by Crippen LogP contribution is -2.37. The Labute approximate surface area is 120 Å². The fourth-order valence-corrected chi connectivity index (χ4v) is 2.19. The second-order valence-electron chi connectivity index (χ2n) is 4.25. The number of aromatic nitrogens is 3. The van der Waals surface area contributed by atoms with E-state index in [4.69, 9.17) is 0 Å². The molecule has 20 heavy (non-hydrogen) atoms. The Kier molecular flexibility index (Phi) is 4.46. The normalized spacial score (nSPS) is 10.3. The Morgan fingerprint density at radius 3 is 2.90 bits per heavy atom. The smallest absolute Gasteiger partial charge is 0.261 e. The van der Waals surface area contributed by atoms with Crippen molar-refractivity contribution < 1.29 is 9.59 Å². The molecule has 2 rings (SSSR count). The summed E-state index contributed by atoms with van der Waals surface area (Å²) in [6, 6.07) is 3.50. The number of H-pyrrole nitrogens is 1. The summed E-state index contributed by atoms with van der Waals surface area (Å²) in [5.74, 6) is 0.808. The van der Waals surface area contributed by atoms with Crippen LogP contribution in [-0.2, 0) is 11.3 Å². The number of rotatable bonds is 5. The quantitative estimate of drug-likeness (QED) is 0.843. The number of aryl methyl sites for hydroxylation is 1. The van der Waals surface area contributed by atoms with Crippen LogP contribution in [0.25, 0.3) is 0 Å². The summed E-state index contributed by atoms with van der Waals surface area (Å²) in [6.07, 6.45) is 0. The van der Waals surface area contributed by atoms with Gasteiger partial charge in [0.2, 0.25) is 5.91 Å². The van der Waals surface area contributed by atoms with Gasteiger partial charge in [0.05, 0.1) is 18.0 Å². The van der Waals surface area contributed by atoms with E-state index in [0.717, 1.165) is 0 Å². The van der Waals surface area contributed by atoms with Gasteiger partial charge in [-0.25, -0.2) is 4.98 Å². The Morgan fingerprint density at radius 2 is 2.30 bits per heavy atom. The number of amides is 2. The molecule has 2 aromatic heterocycles. The van der Waals surface area contributed by atoms with E-state index in [-0.39, 0.29) is 18.4 Å². The van der Waals surface area contributed by atoms with E-state index >= 15 is 0 Å². The van der Waals surface area contributed by atoms with Crippen LogP contribution in [0, 0.1) is 6.92 Å². The maximum Gasteiger partial charge on any atom is 0.261 e. The van der Waals surface area contributed by atoms with Crippen molar-refractivity contribution in [2.75, 3.05) is 13.6 Å². The molecule has 0 unspecified atom stereocenters. The molecular weight excluding hydrogens is 278 g/mol. The van der Waals surface area contributed by atoms with Gasteiger partial charge in [-0.05, 0) is 18.4 Å². The van der Waals surface area contributed by atoms with Crippen LogP contribution in [-0.4, -0.2) is 45.5 Å². The van der Waals surface area contributed by atoms with Gasteiger partial charge in [-0.15, -0.1) is 11.3 Å². The molecule has 0 aromatic carbocycles. The second-order valence-corrected chi connectivity index (χ2v) is 5.19. The maximum absolute atomic E-state index is 11.9. The van der Waals surface area contributed by atoms with Crippen molar-refractivity contribution in [2.45, 2.75) is 13.5 Å². The Morgan fingerprint density at radius 1 is 1.50 bits per heavy atom. The number of nitrogens with one attached hydrogen (secondary N) is 2. The average Bonchev–Trinajstić information content (AvgIpc) is 3.07. The summed E-state index contributed by atoms with van der Waals surface area (Å²) < 4.78 is 0. The number of hydrogen-bond acceptors (Lipinski definition) is 5. The molecule has 0 bridgehead atoms. The summed E-state index contributed by atoms with van der Waals surface area (Å²) in [5, 5.41) is 11.1. The van der Waals surface area contributed by atoms with Crippen molar-refractivity contribution in [1.29, 1.82) is 0 Å². The molecule has 7 nitrogen and oxygen atoms in total. The minimum atomic E-state index is -0.240. The van der Waals surface area contributed by atoms with Crippen molar-refractivity contribution in [1.82, 2.24) is 25.4 Å². The Balaban J connectivity index is 1.81. The molecule has 106 valence electrons. The topological polar surface area (TPSA) is 91.0 Å². The number of carbonyl (C=O) groups excluding carboxylic acids is 2. The van der Waals surface area contributed by atoms with Gasteiger partial charge in [-0.3, -0.25) is 14.7 Å². The van der Waals surface area contributed by atoms with Crippen LogP contribution in [0.15, 0.2) is 17.5 Å². The van der Waals surface area contributed by atoms with E-state index in [2.05, 4.69) is 20.5 Å². The lowest BCUT2D eigenvalue weighted by Gasteiger charge is -2.15. The van der Waals surface area contributed by atoms with E-state index in [1.54, 1.807) is 26.1 Å². The molecule has 2 amide bonds. The highest BCUT2D eigenvalue weighted by Crippen LogP contribution is 2.07. The van der Waals surface area contributed by atoms with Gasteiger partial charge in [0.1, 0.15) is 5.82 Å². The molecular formula is C12H15N5O2S. The minimum absolute atomic E-state index is 0.0450. The summed E-state index contributed by atoms with van der Waals surface area (Å²) in [4.78, 5) is 29.8. The van der Waals surface area contributed by atoms with E-state index < -0.39 is 0 Å². The Bertz CT molecular complexity index is 593. The fraction of sp³-hybridized carbons (Fsp3) is 0.333. The number of hydrogen-bond donors (Lipinski definition) is 2. The third-order valence-corrected chi connectivity index (χ3v) is 3.46. The summed E-state index contributed by atoms with van der Waals surface area (Å²) in [5.41, 5.74) is 0. The first-order chi connectivity index (χ1) is 9.56. The molecule has 0 fully saturated rings. The SMILES string of the molecule is Cc1nc(CN(C)C(=O)CNC(=O)c2cccs2)n[nH]1. The van der Waals surface area contributed by atoms with Crippen LogP contribution in [0.2, 0.25) is 0 Å². The molecule has 0 aliphatic heterocycles. The van der Waals surface area contributed by atoms with E-state index in [1.165, 1.54) is 16.2 Å². The van der Waals surface area contributed by atoms with Gasteiger partial charge in [0.25, 0.3) is 5.91 Å². The predicted octanol–water partition coefficient (Wildman–Crippen LogP) is 0.563. The zero-order chi connectivity index (χ0) is 14.5. The van der Waals surface area contributed by atoms with Gasteiger partial charge in [0, 0.05) is 7.05 Å². The highest BCUT2D eigenvalue weighted by Gasteiger charge is 2.14. The van der Waals surface area contributed by atoms with Crippen molar-refractivity contribution in [3.63, 3.8) is 0 Å². The predicted molar refractivity (Wildman–Crippen MR) is 74.2 cm³/mol. The molecule has 0 saturated carbocycles. The lowest BCUT2D eigenvalue weighted by molar-refractivity contribution is -0.129. The number of aromatic amines is 1. The van der Waals surface area contributed by atoms with E-state index in [1.807, 2.05) is 5.38 Å². The van der Waals surface area contributed by atoms with Crippen molar-refractivity contribution in [3.05, 3.63) is 34.0 Å². The molecule has 2 aromatic rings. The maximum atomic E-state index is 11.9. The molecule has 0 radical (unpaired) electrons. The van der Waals surface area contributed by atoms with Crippen molar-refractivity contribution in [3.8, 4) is 0 Å². The van der Waals surface area contributed by atoms with Gasteiger partial charge >= 0.3 is 0 Å². The third-order valence-electron chi connectivity index (χ3n) is 2.59. The van der Waals surface area contributed by atoms with Crippen LogP contribution < -0.4 is 5.32 Å². The van der Waals surface area contributed by atoms with Crippen molar-refractivity contribution >= 4 is 23.2 Å².